The van der Waals surface area contributed by atoms with Crippen LogP contribution in [0.4, 0.5) is 0 Å². The number of unbranched alkanes of at least 4 members (excludes halogenated alkanes) is 1. The molecule has 0 atom stereocenters. The topological polar surface area (TPSA) is 74.8 Å². The lowest BCUT2D eigenvalue weighted by Gasteiger charge is -2.13. The molecule has 27 heavy (non-hydrogen) atoms. The molecule has 0 bridgehead atoms. The summed E-state index contributed by atoms with van der Waals surface area (Å²) in [7, 11) is 1.76. The monoisotopic (exact) mass is 376 g/mol. The minimum atomic E-state index is -0.0138. The van der Waals surface area contributed by atoms with Crippen molar-refractivity contribution in [2.24, 2.45) is 10.9 Å². The third-order valence-corrected chi connectivity index (χ3v) is 3.92. The van der Waals surface area contributed by atoms with E-state index in [4.69, 9.17) is 4.74 Å². The van der Waals surface area contributed by atoms with Gasteiger partial charge in [0.1, 0.15) is 0 Å². The largest absolute Gasteiger partial charge is 0.381 e. The lowest BCUT2D eigenvalue weighted by Crippen LogP contribution is -2.37. The highest BCUT2D eigenvalue weighted by molar-refractivity contribution is 5.94. The zero-order valence-corrected chi connectivity index (χ0v) is 17.3. The Labute approximate surface area is 164 Å². The van der Waals surface area contributed by atoms with Gasteiger partial charge in [-0.1, -0.05) is 39.3 Å². The molecule has 6 nitrogen and oxygen atoms in total. The molecule has 1 amide bonds. The van der Waals surface area contributed by atoms with Crippen molar-refractivity contribution in [2.75, 3.05) is 33.4 Å². The number of benzene rings is 1. The number of guanidine groups is 1. The van der Waals surface area contributed by atoms with Crippen molar-refractivity contribution in [3.8, 4) is 0 Å². The molecule has 0 spiro atoms. The third kappa shape index (κ3) is 10.6. The number of aliphatic imine (C=N–C) groups is 1. The van der Waals surface area contributed by atoms with Crippen molar-refractivity contribution in [3.05, 3.63) is 35.4 Å². The molecule has 3 N–H and O–H groups in total. The summed E-state index contributed by atoms with van der Waals surface area (Å²) in [5, 5.41) is 9.49. The predicted octanol–water partition coefficient (Wildman–Crippen LogP) is 2.94. The Morgan fingerprint density at radius 3 is 2.41 bits per heavy atom. The summed E-state index contributed by atoms with van der Waals surface area (Å²) in [6, 6.07) is 7.66. The fourth-order valence-electron chi connectivity index (χ4n) is 2.36. The highest BCUT2D eigenvalue weighted by atomic mass is 16.5. The maximum absolute atomic E-state index is 12.0. The maximum atomic E-state index is 12.0. The first-order chi connectivity index (χ1) is 13.1. The van der Waals surface area contributed by atoms with E-state index in [1.807, 2.05) is 24.3 Å². The Bertz CT molecular complexity index is 556. The first-order valence-corrected chi connectivity index (χ1v) is 9.96. The molecule has 0 aliphatic heterocycles. The van der Waals surface area contributed by atoms with Gasteiger partial charge in [0.05, 0.1) is 0 Å². The van der Waals surface area contributed by atoms with Gasteiger partial charge in [0, 0.05) is 45.5 Å². The Hall–Kier alpha value is -2.08. The quantitative estimate of drug-likeness (QED) is 0.298. The molecule has 0 aliphatic rings. The molecule has 0 aliphatic carbocycles. The van der Waals surface area contributed by atoms with Crippen LogP contribution in [0.15, 0.2) is 29.3 Å². The summed E-state index contributed by atoms with van der Waals surface area (Å²) in [5.41, 5.74) is 1.79. The molecule has 0 heterocycles. The van der Waals surface area contributed by atoms with E-state index in [9.17, 15) is 4.79 Å². The van der Waals surface area contributed by atoms with E-state index in [1.165, 1.54) is 0 Å². The average Bonchev–Trinajstić information content (AvgIpc) is 2.67. The predicted molar refractivity (Wildman–Crippen MR) is 112 cm³/mol. The molecule has 0 unspecified atom stereocenters. The van der Waals surface area contributed by atoms with Crippen LogP contribution in [0.2, 0.25) is 0 Å². The highest BCUT2D eigenvalue weighted by Gasteiger charge is 2.05. The Morgan fingerprint density at radius 1 is 1.07 bits per heavy atom. The molecule has 0 saturated carbocycles. The number of amides is 1. The minimum Gasteiger partial charge on any atom is -0.381 e. The van der Waals surface area contributed by atoms with Gasteiger partial charge in [-0.2, -0.15) is 0 Å². The van der Waals surface area contributed by atoms with Crippen molar-refractivity contribution in [1.29, 1.82) is 0 Å². The molecular formula is C21H36N4O2. The normalized spacial score (nSPS) is 11.5. The molecule has 152 valence electrons. The van der Waals surface area contributed by atoms with Crippen molar-refractivity contribution in [2.45, 2.75) is 46.6 Å². The minimum absolute atomic E-state index is 0.0138. The standard InChI is InChI=1S/C21H36N4O2/c1-5-6-12-23-20(26)19-10-8-18(9-11-19)15-25-21(22-4)24-13-7-14-27-16-17(2)3/h8-11,17H,5-7,12-16H2,1-4H3,(H,23,26)(H2,22,24,25). The highest BCUT2D eigenvalue weighted by Crippen LogP contribution is 2.04. The molecule has 1 aromatic carbocycles. The number of rotatable bonds is 12. The van der Waals surface area contributed by atoms with Gasteiger partial charge in [-0.25, -0.2) is 0 Å². The van der Waals surface area contributed by atoms with Crippen LogP contribution in [0, 0.1) is 5.92 Å². The van der Waals surface area contributed by atoms with Gasteiger partial charge < -0.3 is 20.7 Å². The van der Waals surface area contributed by atoms with Crippen LogP contribution in [0.5, 0.6) is 0 Å². The second-order valence-corrected chi connectivity index (χ2v) is 6.98. The fraction of sp³-hybridized carbons (Fsp3) is 0.619. The van der Waals surface area contributed by atoms with Crippen LogP contribution >= 0.6 is 0 Å². The molecule has 6 heteroatoms. The zero-order chi connectivity index (χ0) is 19.9. The second-order valence-electron chi connectivity index (χ2n) is 6.98. The fourth-order valence-corrected chi connectivity index (χ4v) is 2.36. The Kier molecular flexibility index (Phi) is 11.9. The number of carbonyl (C=O) groups excluding carboxylic acids is 1. The van der Waals surface area contributed by atoms with E-state index in [0.29, 0.717) is 18.0 Å². The third-order valence-electron chi connectivity index (χ3n) is 3.92. The second kappa shape index (κ2) is 14.0. The van der Waals surface area contributed by atoms with Gasteiger partial charge in [0.2, 0.25) is 0 Å². The van der Waals surface area contributed by atoms with E-state index < -0.39 is 0 Å². The van der Waals surface area contributed by atoms with Gasteiger partial charge >= 0.3 is 0 Å². The van der Waals surface area contributed by atoms with Crippen LogP contribution < -0.4 is 16.0 Å². The maximum Gasteiger partial charge on any atom is 0.251 e. The van der Waals surface area contributed by atoms with E-state index in [2.05, 4.69) is 41.7 Å². The molecule has 1 aromatic rings. The van der Waals surface area contributed by atoms with Gasteiger partial charge in [0.15, 0.2) is 5.96 Å². The number of carbonyl (C=O) groups is 1. The first-order valence-electron chi connectivity index (χ1n) is 9.96. The SMILES string of the molecule is CCCCNC(=O)c1ccc(CNC(=NC)NCCCOCC(C)C)cc1. The lowest BCUT2D eigenvalue weighted by atomic mass is 10.1. The number of nitrogens with one attached hydrogen (secondary N) is 3. The molecule has 0 saturated heterocycles. The summed E-state index contributed by atoms with van der Waals surface area (Å²) in [5.74, 6) is 1.32. The van der Waals surface area contributed by atoms with Gasteiger partial charge in [0.25, 0.3) is 5.91 Å². The van der Waals surface area contributed by atoms with Crippen LogP contribution in [-0.4, -0.2) is 45.2 Å². The van der Waals surface area contributed by atoms with Crippen molar-refractivity contribution in [3.63, 3.8) is 0 Å². The van der Waals surface area contributed by atoms with Crippen molar-refractivity contribution < 1.29 is 9.53 Å². The van der Waals surface area contributed by atoms with E-state index >= 15 is 0 Å². The van der Waals surface area contributed by atoms with Crippen LogP contribution in [0.25, 0.3) is 0 Å². The molecule has 0 aromatic heterocycles. The average molecular weight is 377 g/mol. The molecule has 0 fully saturated rings. The van der Waals surface area contributed by atoms with Gasteiger partial charge in [-0.3, -0.25) is 9.79 Å². The van der Waals surface area contributed by atoms with Crippen LogP contribution in [-0.2, 0) is 11.3 Å². The number of hydrogen-bond donors (Lipinski definition) is 3. The molecule has 0 radical (unpaired) electrons. The van der Waals surface area contributed by atoms with Gasteiger partial charge in [-0.05, 0) is 36.5 Å². The van der Waals surface area contributed by atoms with E-state index in [-0.39, 0.29) is 5.91 Å². The molecular weight excluding hydrogens is 340 g/mol. The number of hydrogen-bond acceptors (Lipinski definition) is 3. The van der Waals surface area contributed by atoms with E-state index in [1.54, 1.807) is 7.05 Å². The Morgan fingerprint density at radius 2 is 1.78 bits per heavy atom. The summed E-state index contributed by atoms with van der Waals surface area (Å²) >= 11 is 0. The number of nitrogens with zero attached hydrogens (tertiary/aromatic N) is 1. The summed E-state index contributed by atoms with van der Waals surface area (Å²) in [4.78, 5) is 16.2. The van der Waals surface area contributed by atoms with Crippen LogP contribution in [0.1, 0.15) is 56.0 Å². The summed E-state index contributed by atoms with van der Waals surface area (Å²) < 4.78 is 5.57. The summed E-state index contributed by atoms with van der Waals surface area (Å²) in [6.45, 7) is 10.2. The van der Waals surface area contributed by atoms with Crippen molar-refractivity contribution >= 4 is 11.9 Å². The van der Waals surface area contributed by atoms with Crippen molar-refractivity contribution in [1.82, 2.24) is 16.0 Å². The smallest absolute Gasteiger partial charge is 0.251 e. The van der Waals surface area contributed by atoms with Gasteiger partial charge in [-0.15, -0.1) is 0 Å². The molecule has 1 rings (SSSR count). The Balaban J connectivity index is 2.29. The van der Waals surface area contributed by atoms with E-state index in [0.717, 1.165) is 57.1 Å². The summed E-state index contributed by atoms with van der Waals surface area (Å²) in [6.07, 6.45) is 3.02. The van der Waals surface area contributed by atoms with Crippen LogP contribution in [0.3, 0.4) is 0 Å². The lowest BCUT2D eigenvalue weighted by molar-refractivity contribution is 0.0953. The first kappa shape index (κ1) is 23.0. The zero-order valence-electron chi connectivity index (χ0n) is 17.3. The number of ether oxygens (including phenoxy) is 1.